The molecular weight excluding hydrogens is 240 g/mol. The van der Waals surface area contributed by atoms with E-state index in [1.807, 2.05) is 6.07 Å². The van der Waals surface area contributed by atoms with Crippen LogP contribution in [0.4, 0.5) is 0 Å². The maximum atomic E-state index is 5.82. The van der Waals surface area contributed by atoms with Gasteiger partial charge >= 0.3 is 0 Å². The van der Waals surface area contributed by atoms with Gasteiger partial charge in [-0.2, -0.15) is 0 Å². The topological polar surface area (TPSA) is 57.4 Å². The van der Waals surface area contributed by atoms with Crippen LogP contribution in [0.3, 0.4) is 0 Å². The third-order valence-corrected chi connectivity index (χ3v) is 3.36. The van der Waals surface area contributed by atoms with Crippen LogP contribution in [0.5, 0.6) is 5.88 Å². The minimum Gasteiger partial charge on any atom is -0.477 e. The van der Waals surface area contributed by atoms with Gasteiger partial charge in [0, 0.05) is 30.6 Å². The second-order valence-corrected chi connectivity index (χ2v) is 6.19. The number of ether oxygens (including phenoxy) is 2. The van der Waals surface area contributed by atoms with E-state index in [0.717, 1.165) is 30.9 Å². The summed E-state index contributed by atoms with van der Waals surface area (Å²) in [5.74, 6) is 1.17. The Bertz CT molecular complexity index is 421. The summed E-state index contributed by atoms with van der Waals surface area (Å²) < 4.78 is 11.2. The summed E-state index contributed by atoms with van der Waals surface area (Å²) >= 11 is 0. The fraction of sp³-hybridized carbons (Fsp3) is 0.667. The molecule has 1 aliphatic rings. The molecule has 1 unspecified atom stereocenters. The maximum absolute atomic E-state index is 5.82. The van der Waals surface area contributed by atoms with Crippen LogP contribution in [0, 0.1) is 5.92 Å². The minimum absolute atomic E-state index is 0.000238. The zero-order valence-corrected chi connectivity index (χ0v) is 12.1. The van der Waals surface area contributed by atoms with Gasteiger partial charge in [0.2, 0.25) is 5.88 Å². The molecule has 0 aliphatic carbocycles. The lowest BCUT2D eigenvalue weighted by molar-refractivity contribution is 0.165. The van der Waals surface area contributed by atoms with Gasteiger partial charge in [0.1, 0.15) is 0 Å². The Kier molecular flexibility index (Phi) is 4.42. The van der Waals surface area contributed by atoms with Gasteiger partial charge in [-0.15, -0.1) is 0 Å². The largest absolute Gasteiger partial charge is 0.477 e. The van der Waals surface area contributed by atoms with Gasteiger partial charge in [-0.3, -0.25) is 0 Å². The Hall–Kier alpha value is -1.13. The van der Waals surface area contributed by atoms with Crippen LogP contribution in [-0.4, -0.2) is 24.8 Å². The van der Waals surface area contributed by atoms with E-state index >= 15 is 0 Å². The second-order valence-electron chi connectivity index (χ2n) is 6.19. The third kappa shape index (κ3) is 3.91. The van der Waals surface area contributed by atoms with Crippen LogP contribution in [-0.2, 0) is 16.7 Å². The first-order chi connectivity index (χ1) is 8.99. The number of nitrogens with zero attached hydrogens (tertiary/aromatic N) is 1. The summed E-state index contributed by atoms with van der Waals surface area (Å²) in [6, 6.07) is 4.00. The van der Waals surface area contributed by atoms with Crippen molar-refractivity contribution in [1.29, 1.82) is 0 Å². The lowest BCUT2D eigenvalue weighted by atomic mass is 9.91. The number of hydrogen-bond donors (Lipinski definition) is 1. The first kappa shape index (κ1) is 14.3. The number of hydrogen-bond acceptors (Lipinski definition) is 4. The summed E-state index contributed by atoms with van der Waals surface area (Å²) in [7, 11) is 0. The van der Waals surface area contributed by atoms with Crippen LogP contribution in [0.15, 0.2) is 12.1 Å². The molecule has 2 N–H and O–H groups in total. The highest BCUT2D eigenvalue weighted by atomic mass is 16.5. The van der Waals surface area contributed by atoms with Crippen molar-refractivity contribution in [2.75, 3.05) is 19.8 Å². The van der Waals surface area contributed by atoms with Crippen molar-refractivity contribution in [1.82, 2.24) is 4.98 Å². The van der Waals surface area contributed by atoms with Crippen molar-refractivity contribution < 1.29 is 9.47 Å². The number of nitrogens with two attached hydrogens (primary N) is 1. The SMILES string of the molecule is CC(C)(C)c1cc(CN)cc(OCC2CCOC2)n1. The lowest BCUT2D eigenvalue weighted by Crippen LogP contribution is -2.17. The van der Waals surface area contributed by atoms with E-state index in [2.05, 4.69) is 31.8 Å². The van der Waals surface area contributed by atoms with E-state index in [0.29, 0.717) is 24.9 Å². The first-order valence-electron chi connectivity index (χ1n) is 6.91. The summed E-state index contributed by atoms with van der Waals surface area (Å²) in [6.45, 7) is 9.25. The Labute approximate surface area is 115 Å². The van der Waals surface area contributed by atoms with Crippen LogP contribution >= 0.6 is 0 Å². The van der Waals surface area contributed by atoms with Crippen LogP contribution in [0.25, 0.3) is 0 Å². The molecule has 106 valence electrons. The highest BCUT2D eigenvalue weighted by Gasteiger charge is 2.19. The smallest absolute Gasteiger partial charge is 0.213 e. The Balaban J connectivity index is 2.10. The van der Waals surface area contributed by atoms with Gasteiger partial charge in [-0.1, -0.05) is 20.8 Å². The van der Waals surface area contributed by atoms with Crippen molar-refractivity contribution in [2.45, 2.75) is 39.2 Å². The number of pyridine rings is 1. The Morgan fingerprint density at radius 1 is 1.42 bits per heavy atom. The van der Waals surface area contributed by atoms with Crippen LogP contribution < -0.4 is 10.5 Å². The molecule has 0 amide bonds. The normalized spacial score (nSPS) is 19.7. The zero-order valence-electron chi connectivity index (χ0n) is 12.1. The molecule has 1 saturated heterocycles. The Morgan fingerprint density at radius 2 is 2.21 bits per heavy atom. The molecule has 2 rings (SSSR count). The predicted octanol–water partition coefficient (Wildman–Crippen LogP) is 2.25. The molecule has 0 saturated carbocycles. The minimum atomic E-state index is -0.000238. The molecule has 0 spiro atoms. The lowest BCUT2D eigenvalue weighted by Gasteiger charge is -2.20. The summed E-state index contributed by atoms with van der Waals surface area (Å²) in [4.78, 5) is 4.59. The molecule has 1 aromatic rings. The van der Waals surface area contributed by atoms with E-state index in [1.165, 1.54) is 0 Å². The second kappa shape index (κ2) is 5.88. The molecule has 4 heteroatoms. The number of aromatic nitrogens is 1. The standard InChI is InChI=1S/C15H24N2O2/c1-15(2,3)13-6-12(8-16)7-14(17-13)19-10-11-4-5-18-9-11/h6-7,11H,4-5,8-10,16H2,1-3H3. The average molecular weight is 264 g/mol. The highest BCUT2D eigenvalue weighted by Crippen LogP contribution is 2.24. The molecule has 19 heavy (non-hydrogen) atoms. The van der Waals surface area contributed by atoms with Gasteiger partial charge in [-0.05, 0) is 18.1 Å². The van der Waals surface area contributed by atoms with Crippen molar-refractivity contribution in [3.8, 4) is 5.88 Å². The molecule has 2 heterocycles. The third-order valence-electron chi connectivity index (χ3n) is 3.36. The van der Waals surface area contributed by atoms with E-state index in [1.54, 1.807) is 0 Å². The van der Waals surface area contributed by atoms with Gasteiger partial charge < -0.3 is 15.2 Å². The van der Waals surface area contributed by atoms with Gasteiger partial charge in [0.15, 0.2) is 0 Å². The van der Waals surface area contributed by atoms with Crippen molar-refractivity contribution >= 4 is 0 Å². The van der Waals surface area contributed by atoms with Crippen LogP contribution in [0.2, 0.25) is 0 Å². The molecule has 1 aliphatic heterocycles. The highest BCUT2D eigenvalue weighted by molar-refractivity contribution is 5.28. The van der Waals surface area contributed by atoms with E-state index in [4.69, 9.17) is 15.2 Å². The van der Waals surface area contributed by atoms with Gasteiger partial charge in [0.05, 0.1) is 18.9 Å². The summed E-state index contributed by atoms with van der Waals surface area (Å²) in [5, 5.41) is 0. The fourth-order valence-corrected chi connectivity index (χ4v) is 2.05. The van der Waals surface area contributed by atoms with Crippen molar-refractivity contribution in [3.63, 3.8) is 0 Å². The molecule has 0 bridgehead atoms. The van der Waals surface area contributed by atoms with E-state index < -0.39 is 0 Å². The molecule has 1 atom stereocenters. The van der Waals surface area contributed by atoms with Crippen LogP contribution in [0.1, 0.15) is 38.4 Å². The molecule has 4 nitrogen and oxygen atoms in total. The van der Waals surface area contributed by atoms with E-state index in [9.17, 15) is 0 Å². The maximum Gasteiger partial charge on any atom is 0.213 e. The predicted molar refractivity (Wildman–Crippen MR) is 75.2 cm³/mol. The zero-order chi connectivity index (χ0) is 13.9. The monoisotopic (exact) mass is 264 g/mol. The Morgan fingerprint density at radius 3 is 2.79 bits per heavy atom. The molecule has 1 fully saturated rings. The molecule has 0 radical (unpaired) electrons. The average Bonchev–Trinajstić information content (AvgIpc) is 2.88. The summed E-state index contributed by atoms with van der Waals surface area (Å²) in [6.07, 6.45) is 1.07. The summed E-state index contributed by atoms with van der Waals surface area (Å²) in [5.41, 5.74) is 7.83. The van der Waals surface area contributed by atoms with E-state index in [-0.39, 0.29) is 5.41 Å². The first-order valence-corrected chi connectivity index (χ1v) is 6.91. The molecule has 0 aromatic carbocycles. The molecule has 1 aromatic heterocycles. The van der Waals surface area contributed by atoms with Crippen molar-refractivity contribution in [3.05, 3.63) is 23.4 Å². The van der Waals surface area contributed by atoms with Gasteiger partial charge in [-0.25, -0.2) is 4.98 Å². The quantitative estimate of drug-likeness (QED) is 0.906. The molecular formula is C15H24N2O2. The van der Waals surface area contributed by atoms with Crippen molar-refractivity contribution in [2.24, 2.45) is 11.7 Å². The van der Waals surface area contributed by atoms with Gasteiger partial charge in [0.25, 0.3) is 0 Å². The number of rotatable bonds is 4. The fourth-order valence-electron chi connectivity index (χ4n) is 2.05.